The molecule has 0 N–H and O–H groups in total. The standard InChI is InChI=1S/C14H17NO2/c1-8-5-9(2)14(10(3)6-8)12-7-13(11(4)16)17-15-12/h5-6,13H,7H2,1-4H3. The minimum absolute atomic E-state index is 0.0335. The number of nitrogens with zero attached hydrogens (tertiary/aromatic N) is 1. The summed E-state index contributed by atoms with van der Waals surface area (Å²) in [6, 6.07) is 4.26. The van der Waals surface area contributed by atoms with Crippen LogP contribution >= 0.6 is 0 Å². The number of ketones is 1. The second-order valence-corrected chi connectivity index (χ2v) is 4.72. The van der Waals surface area contributed by atoms with Gasteiger partial charge in [-0.25, -0.2) is 0 Å². The minimum Gasteiger partial charge on any atom is -0.384 e. The molecule has 1 aliphatic rings. The van der Waals surface area contributed by atoms with E-state index in [1.807, 2.05) is 0 Å². The van der Waals surface area contributed by atoms with Gasteiger partial charge < -0.3 is 4.84 Å². The Morgan fingerprint density at radius 2 is 1.88 bits per heavy atom. The highest BCUT2D eigenvalue weighted by Gasteiger charge is 2.27. The summed E-state index contributed by atoms with van der Waals surface area (Å²) in [5.41, 5.74) is 5.63. The molecule has 0 aromatic heterocycles. The molecule has 17 heavy (non-hydrogen) atoms. The molecule has 0 bridgehead atoms. The third kappa shape index (κ3) is 2.23. The van der Waals surface area contributed by atoms with E-state index in [9.17, 15) is 4.79 Å². The van der Waals surface area contributed by atoms with E-state index in [1.54, 1.807) is 0 Å². The predicted molar refractivity (Wildman–Crippen MR) is 67.4 cm³/mol. The molecule has 0 saturated carbocycles. The molecule has 0 fully saturated rings. The average Bonchev–Trinajstić information content (AvgIpc) is 2.65. The van der Waals surface area contributed by atoms with Gasteiger partial charge in [0.25, 0.3) is 0 Å². The number of rotatable bonds is 2. The van der Waals surface area contributed by atoms with Crippen molar-refractivity contribution in [3.8, 4) is 0 Å². The second-order valence-electron chi connectivity index (χ2n) is 4.72. The molecule has 1 heterocycles. The Kier molecular flexibility index (Phi) is 3.01. The van der Waals surface area contributed by atoms with Gasteiger partial charge in [-0.2, -0.15) is 0 Å². The zero-order valence-corrected chi connectivity index (χ0v) is 10.7. The first-order chi connectivity index (χ1) is 7.99. The van der Waals surface area contributed by atoms with E-state index in [-0.39, 0.29) is 5.78 Å². The molecule has 0 saturated heterocycles. The van der Waals surface area contributed by atoms with Crippen LogP contribution in [0.4, 0.5) is 0 Å². The van der Waals surface area contributed by atoms with E-state index in [0.29, 0.717) is 6.42 Å². The van der Waals surface area contributed by atoms with Crippen molar-refractivity contribution < 1.29 is 9.63 Å². The average molecular weight is 231 g/mol. The Morgan fingerprint density at radius 3 is 2.35 bits per heavy atom. The lowest BCUT2D eigenvalue weighted by Crippen LogP contribution is -2.18. The van der Waals surface area contributed by atoms with Crippen LogP contribution in [0.15, 0.2) is 17.3 Å². The Balaban J connectivity index is 2.34. The quantitative estimate of drug-likeness (QED) is 0.785. The Morgan fingerprint density at radius 1 is 1.29 bits per heavy atom. The van der Waals surface area contributed by atoms with E-state index in [1.165, 1.54) is 23.6 Å². The van der Waals surface area contributed by atoms with Gasteiger partial charge in [0.2, 0.25) is 0 Å². The molecule has 1 atom stereocenters. The first kappa shape index (κ1) is 11.8. The number of hydrogen-bond acceptors (Lipinski definition) is 3. The van der Waals surface area contributed by atoms with Gasteiger partial charge in [0, 0.05) is 12.0 Å². The minimum atomic E-state index is -0.398. The predicted octanol–water partition coefficient (Wildman–Crippen LogP) is 2.69. The summed E-state index contributed by atoms with van der Waals surface area (Å²) in [6.07, 6.45) is 0.185. The summed E-state index contributed by atoms with van der Waals surface area (Å²) >= 11 is 0. The third-order valence-electron chi connectivity index (χ3n) is 3.09. The van der Waals surface area contributed by atoms with E-state index < -0.39 is 6.10 Å². The normalized spacial score (nSPS) is 18.8. The number of Topliss-reactive ketones (excluding diaryl/α,β-unsaturated/α-hetero) is 1. The highest BCUT2D eigenvalue weighted by molar-refractivity contribution is 6.06. The van der Waals surface area contributed by atoms with E-state index in [2.05, 4.69) is 38.1 Å². The number of aryl methyl sites for hydroxylation is 3. The van der Waals surface area contributed by atoms with Gasteiger partial charge in [0.05, 0.1) is 5.71 Å². The van der Waals surface area contributed by atoms with Crippen LogP contribution in [0.3, 0.4) is 0 Å². The third-order valence-corrected chi connectivity index (χ3v) is 3.09. The summed E-state index contributed by atoms with van der Waals surface area (Å²) in [4.78, 5) is 16.4. The van der Waals surface area contributed by atoms with Crippen molar-refractivity contribution in [2.75, 3.05) is 0 Å². The molecule has 90 valence electrons. The largest absolute Gasteiger partial charge is 0.384 e. The molecular weight excluding hydrogens is 214 g/mol. The first-order valence-electron chi connectivity index (χ1n) is 5.80. The molecule has 2 rings (SSSR count). The maximum Gasteiger partial charge on any atom is 0.190 e. The highest BCUT2D eigenvalue weighted by atomic mass is 16.6. The van der Waals surface area contributed by atoms with Crippen molar-refractivity contribution in [1.29, 1.82) is 0 Å². The fraction of sp³-hybridized carbons (Fsp3) is 0.429. The van der Waals surface area contributed by atoms with Crippen molar-refractivity contribution in [3.63, 3.8) is 0 Å². The van der Waals surface area contributed by atoms with Crippen LogP contribution < -0.4 is 0 Å². The number of carbonyl (C=O) groups is 1. The summed E-state index contributed by atoms with van der Waals surface area (Å²) in [5, 5.41) is 4.06. The van der Waals surface area contributed by atoms with Crippen molar-refractivity contribution in [2.45, 2.75) is 40.2 Å². The first-order valence-corrected chi connectivity index (χ1v) is 5.80. The van der Waals surface area contributed by atoms with Gasteiger partial charge in [0.15, 0.2) is 11.9 Å². The number of carbonyl (C=O) groups excluding carboxylic acids is 1. The molecule has 1 unspecified atom stereocenters. The Bertz CT molecular complexity index is 480. The van der Waals surface area contributed by atoms with Crippen LogP contribution in [0, 0.1) is 20.8 Å². The zero-order valence-electron chi connectivity index (χ0n) is 10.7. The van der Waals surface area contributed by atoms with Gasteiger partial charge in [-0.15, -0.1) is 0 Å². The van der Waals surface area contributed by atoms with Crippen LogP contribution in [0.5, 0.6) is 0 Å². The fourth-order valence-electron chi connectivity index (χ4n) is 2.38. The summed E-state index contributed by atoms with van der Waals surface area (Å²) < 4.78 is 0. The number of oxime groups is 1. The lowest BCUT2D eigenvalue weighted by Gasteiger charge is -2.10. The fourth-order valence-corrected chi connectivity index (χ4v) is 2.38. The SMILES string of the molecule is CC(=O)C1CC(c2c(C)cc(C)cc2C)=NO1. The van der Waals surface area contributed by atoms with Crippen molar-refractivity contribution in [2.24, 2.45) is 5.16 Å². The molecule has 0 aliphatic carbocycles. The maximum absolute atomic E-state index is 11.2. The van der Waals surface area contributed by atoms with Crippen LogP contribution in [0.25, 0.3) is 0 Å². The van der Waals surface area contributed by atoms with Gasteiger partial charge in [-0.3, -0.25) is 4.79 Å². The van der Waals surface area contributed by atoms with Crippen LogP contribution in [0.2, 0.25) is 0 Å². The smallest absolute Gasteiger partial charge is 0.190 e. The van der Waals surface area contributed by atoms with Crippen LogP contribution in [-0.2, 0) is 9.63 Å². The summed E-state index contributed by atoms with van der Waals surface area (Å²) in [6.45, 7) is 7.75. The second kappa shape index (κ2) is 4.32. The van der Waals surface area contributed by atoms with E-state index in [0.717, 1.165) is 11.3 Å². The van der Waals surface area contributed by atoms with Crippen LogP contribution in [-0.4, -0.2) is 17.6 Å². The molecule has 3 heteroatoms. The summed E-state index contributed by atoms with van der Waals surface area (Å²) in [5.74, 6) is 0.0335. The molecule has 0 radical (unpaired) electrons. The lowest BCUT2D eigenvalue weighted by molar-refractivity contribution is -0.126. The van der Waals surface area contributed by atoms with Crippen LogP contribution in [0.1, 0.15) is 35.6 Å². The topological polar surface area (TPSA) is 38.7 Å². The van der Waals surface area contributed by atoms with Gasteiger partial charge in [0.1, 0.15) is 0 Å². The van der Waals surface area contributed by atoms with E-state index >= 15 is 0 Å². The van der Waals surface area contributed by atoms with Gasteiger partial charge >= 0.3 is 0 Å². The number of benzene rings is 1. The molecule has 1 aliphatic heterocycles. The highest BCUT2D eigenvalue weighted by Crippen LogP contribution is 2.23. The molecular formula is C14H17NO2. The zero-order chi connectivity index (χ0) is 12.6. The lowest BCUT2D eigenvalue weighted by atomic mass is 9.93. The molecule has 1 aromatic carbocycles. The Hall–Kier alpha value is -1.64. The molecule has 1 aromatic rings. The molecule has 0 amide bonds. The molecule has 0 spiro atoms. The number of hydrogen-bond donors (Lipinski definition) is 0. The van der Waals surface area contributed by atoms with Crippen molar-refractivity contribution in [1.82, 2.24) is 0 Å². The Labute approximate surface area is 101 Å². The maximum atomic E-state index is 11.2. The monoisotopic (exact) mass is 231 g/mol. The van der Waals surface area contributed by atoms with Gasteiger partial charge in [-0.1, -0.05) is 22.9 Å². The van der Waals surface area contributed by atoms with Crippen molar-refractivity contribution in [3.05, 3.63) is 34.4 Å². The van der Waals surface area contributed by atoms with Crippen molar-refractivity contribution >= 4 is 11.5 Å². The molecule has 3 nitrogen and oxygen atoms in total. The van der Waals surface area contributed by atoms with Gasteiger partial charge in [-0.05, 0) is 38.8 Å². The summed E-state index contributed by atoms with van der Waals surface area (Å²) in [7, 11) is 0. The van der Waals surface area contributed by atoms with E-state index in [4.69, 9.17) is 4.84 Å².